The Bertz CT molecular complexity index is 643. The maximum absolute atomic E-state index is 5.61. The predicted octanol–water partition coefficient (Wildman–Crippen LogP) is 3.74. The van der Waals surface area contributed by atoms with Gasteiger partial charge in [-0.15, -0.1) is 6.58 Å². The van der Waals surface area contributed by atoms with Gasteiger partial charge in [-0.1, -0.05) is 6.08 Å². The zero-order valence-electron chi connectivity index (χ0n) is 15.7. The summed E-state index contributed by atoms with van der Waals surface area (Å²) < 4.78 is 27.4. The number of anilines is 1. The first-order valence-electron chi connectivity index (χ1n) is 8.84. The zero-order valence-corrected chi connectivity index (χ0v) is 15.7. The van der Waals surface area contributed by atoms with E-state index in [1.165, 1.54) is 0 Å². The second-order valence-corrected chi connectivity index (χ2v) is 5.48. The Hall–Kier alpha value is -2.70. The molecule has 0 unspecified atom stereocenters. The normalized spacial score (nSPS) is 10.3. The first-order valence-corrected chi connectivity index (χ1v) is 8.84. The lowest BCUT2D eigenvalue weighted by atomic mass is 10.3. The highest BCUT2D eigenvalue weighted by atomic mass is 16.7. The van der Waals surface area contributed by atoms with Crippen LogP contribution in [0.2, 0.25) is 0 Å². The lowest BCUT2D eigenvalue weighted by Gasteiger charge is -2.10. The fourth-order valence-electron chi connectivity index (χ4n) is 2.12. The molecule has 0 saturated carbocycles. The molecule has 0 radical (unpaired) electrons. The average Bonchev–Trinajstić information content (AvgIpc) is 2.71. The Morgan fingerprint density at radius 3 is 1.85 bits per heavy atom. The van der Waals surface area contributed by atoms with Gasteiger partial charge < -0.3 is 29.0 Å². The number of hydrogen-bond acceptors (Lipinski definition) is 6. The SMILES string of the molecule is C=CCOCCOCCOc1ccc(OCOc2ccc(NC)cc2)cc1. The van der Waals surface area contributed by atoms with Crippen LogP contribution in [0.15, 0.2) is 61.2 Å². The average molecular weight is 373 g/mol. The van der Waals surface area contributed by atoms with Crippen LogP contribution in [0.1, 0.15) is 0 Å². The van der Waals surface area contributed by atoms with Gasteiger partial charge in [-0.2, -0.15) is 0 Å². The van der Waals surface area contributed by atoms with Gasteiger partial charge in [0.05, 0.1) is 26.4 Å². The van der Waals surface area contributed by atoms with Crippen molar-refractivity contribution in [2.24, 2.45) is 0 Å². The molecule has 0 bridgehead atoms. The summed E-state index contributed by atoms with van der Waals surface area (Å²) in [5.74, 6) is 2.23. The van der Waals surface area contributed by atoms with Crippen LogP contribution in [0.4, 0.5) is 5.69 Å². The third kappa shape index (κ3) is 8.48. The van der Waals surface area contributed by atoms with Gasteiger partial charge in [0.2, 0.25) is 6.79 Å². The van der Waals surface area contributed by atoms with Crippen molar-refractivity contribution in [3.63, 3.8) is 0 Å². The monoisotopic (exact) mass is 373 g/mol. The van der Waals surface area contributed by atoms with E-state index in [2.05, 4.69) is 11.9 Å². The second kappa shape index (κ2) is 12.6. The number of benzene rings is 2. The van der Waals surface area contributed by atoms with E-state index in [4.69, 9.17) is 23.7 Å². The molecule has 6 heteroatoms. The zero-order chi connectivity index (χ0) is 19.2. The van der Waals surface area contributed by atoms with E-state index in [0.29, 0.717) is 38.8 Å². The van der Waals surface area contributed by atoms with Crippen molar-refractivity contribution >= 4 is 5.69 Å². The van der Waals surface area contributed by atoms with Gasteiger partial charge in [0.15, 0.2) is 0 Å². The first-order chi connectivity index (χ1) is 13.3. The minimum atomic E-state index is 0.140. The smallest absolute Gasteiger partial charge is 0.230 e. The fraction of sp³-hybridized carbons (Fsp3) is 0.333. The van der Waals surface area contributed by atoms with Crippen molar-refractivity contribution in [1.82, 2.24) is 0 Å². The Labute approximate surface area is 160 Å². The maximum Gasteiger partial charge on any atom is 0.230 e. The quantitative estimate of drug-likeness (QED) is 0.309. The molecule has 2 rings (SSSR count). The van der Waals surface area contributed by atoms with Crippen LogP contribution in [0, 0.1) is 0 Å². The Morgan fingerprint density at radius 2 is 1.26 bits per heavy atom. The Kier molecular flexibility index (Phi) is 9.63. The second-order valence-electron chi connectivity index (χ2n) is 5.48. The van der Waals surface area contributed by atoms with Crippen LogP contribution >= 0.6 is 0 Å². The van der Waals surface area contributed by atoms with Crippen molar-refractivity contribution in [3.8, 4) is 17.2 Å². The van der Waals surface area contributed by atoms with Crippen molar-refractivity contribution in [1.29, 1.82) is 0 Å². The van der Waals surface area contributed by atoms with Gasteiger partial charge in [-0.05, 0) is 48.5 Å². The lowest BCUT2D eigenvalue weighted by molar-refractivity contribution is 0.0449. The van der Waals surface area contributed by atoms with E-state index in [1.54, 1.807) is 6.08 Å². The number of ether oxygens (including phenoxy) is 5. The summed E-state index contributed by atoms with van der Waals surface area (Å²) in [4.78, 5) is 0. The molecule has 0 saturated heterocycles. The Morgan fingerprint density at radius 1 is 0.741 bits per heavy atom. The van der Waals surface area contributed by atoms with Crippen LogP contribution in [-0.2, 0) is 9.47 Å². The van der Waals surface area contributed by atoms with Gasteiger partial charge in [-0.25, -0.2) is 0 Å². The molecule has 6 nitrogen and oxygen atoms in total. The summed E-state index contributed by atoms with van der Waals surface area (Å²) in [5, 5.41) is 3.06. The van der Waals surface area contributed by atoms with Crippen LogP contribution in [0.3, 0.4) is 0 Å². The van der Waals surface area contributed by atoms with E-state index in [-0.39, 0.29) is 6.79 Å². The summed E-state index contributed by atoms with van der Waals surface area (Å²) in [6, 6.07) is 15.0. The van der Waals surface area contributed by atoms with Gasteiger partial charge in [0, 0.05) is 12.7 Å². The van der Waals surface area contributed by atoms with Gasteiger partial charge in [0.25, 0.3) is 0 Å². The summed E-state index contributed by atoms with van der Waals surface area (Å²) >= 11 is 0. The summed E-state index contributed by atoms with van der Waals surface area (Å²) in [6.45, 7) is 6.35. The van der Waals surface area contributed by atoms with Crippen LogP contribution in [-0.4, -0.2) is 46.9 Å². The molecule has 1 N–H and O–H groups in total. The molecule has 0 atom stereocenters. The van der Waals surface area contributed by atoms with E-state index in [9.17, 15) is 0 Å². The Balaban J connectivity index is 1.58. The highest BCUT2D eigenvalue weighted by Crippen LogP contribution is 2.19. The highest BCUT2D eigenvalue weighted by molar-refractivity contribution is 5.45. The molecule has 0 heterocycles. The first kappa shape index (κ1) is 20.6. The van der Waals surface area contributed by atoms with Gasteiger partial charge in [-0.3, -0.25) is 0 Å². The molecule has 0 amide bonds. The van der Waals surface area contributed by atoms with E-state index in [0.717, 1.165) is 17.2 Å². The molecule has 27 heavy (non-hydrogen) atoms. The molecule has 0 spiro atoms. The predicted molar refractivity (Wildman–Crippen MR) is 106 cm³/mol. The summed E-state index contributed by atoms with van der Waals surface area (Å²) in [6.07, 6.45) is 1.71. The number of rotatable bonds is 14. The minimum Gasteiger partial charge on any atom is -0.491 e. The van der Waals surface area contributed by atoms with Crippen LogP contribution < -0.4 is 19.5 Å². The largest absolute Gasteiger partial charge is 0.491 e. The third-order valence-corrected chi connectivity index (χ3v) is 3.52. The molecule has 0 aromatic heterocycles. The van der Waals surface area contributed by atoms with E-state index >= 15 is 0 Å². The molecule has 0 aliphatic carbocycles. The summed E-state index contributed by atoms with van der Waals surface area (Å²) in [5.41, 5.74) is 1.03. The minimum absolute atomic E-state index is 0.140. The number of hydrogen-bond donors (Lipinski definition) is 1. The van der Waals surface area contributed by atoms with E-state index < -0.39 is 0 Å². The molecule has 2 aromatic rings. The van der Waals surface area contributed by atoms with Gasteiger partial charge >= 0.3 is 0 Å². The maximum atomic E-state index is 5.61. The van der Waals surface area contributed by atoms with Crippen molar-refractivity contribution in [2.45, 2.75) is 0 Å². The molecule has 2 aromatic carbocycles. The molecule has 146 valence electrons. The standard InChI is InChI=1S/C21H27NO5/c1-3-12-23-13-14-24-15-16-25-19-8-10-21(11-9-19)27-17-26-20-6-4-18(22-2)5-7-20/h3-11,22H,1,12-17H2,2H3. The van der Waals surface area contributed by atoms with Crippen molar-refractivity contribution in [3.05, 3.63) is 61.2 Å². The molecular weight excluding hydrogens is 346 g/mol. The topological polar surface area (TPSA) is 58.2 Å². The third-order valence-electron chi connectivity index (χ3n) is 3.52. The highest BCUT2D eigenvalue weighted by Gasteiger charge is 1.99. The molecule has 0 aliphatic heterocycles. The molecular formula is C21H27NO5. The van der Waals surface area contributed by atoms with Crippen molar-refractivity contribution in [2.75, 3.05) is 52.2 Å². The van der Waals surface area contributed by atoms with Gasteiger partial charge in [0.1, 0.15) is 23.9 Å². The van der Waals surface area contributed by atoms with E-state index in [1.807, 2.05) is 55.6 Å². The van der Waals surface area contributed by atoms with Crippen LogP contribution in [0.5, 0.6) is 17.2 Å². The number of nitrogens with one attached hydrogen (secondary N) is 1. The fourth-order valence-corrected chi connectivity index (χ4v) is 2.12. The molecule has 0 aliphatic rings. The summed E-state index contributed by atoms with van der Waals surface area (Å²) in [7, 11) is 1.88. The van der Waals surface area contributed by atoms with Crippen molar-refractivity contribution < 1.29 is 23.7 Å². The molecule has 0 fully saturated rings. The van der Waals surface area contributed by atoms with Crippen LogP contribution in [0.25, 0.3) is 0 Å². The lowest BCUT2D eigenvalue weighted by Crippen LogP contribution is -2.10.